The average molecular weight is 298 g/mol. The van der Waals surface area contributed by atoms with Gasteiger partial charge in [0.25, 0.3) is 0 Å². The van der Waals surface area contributed by atoms with Gasteiger partial charge in [-0.1, -0.05) is 23.7 Å². The van der Waals surface area contributed by atoms with Gasteiger partial charge < -0.3 is 10.5 Å². The van der Waals surface area contributed by atoms with Crippen molar-refractivity contribution in [2.45, 2.75) is 19.0 Å². The summed E-state index contributed by atoms with van der Waals surface area (Å²) in [6.07, 6.45) is 2.15. The zero-order valence-corrected chi connectivity index (χ0v) is 12.0. The minimum absolute atomic E-state index is 0.259. The minimum Gasteiger partial charge on any atom is -0.383 e. The molecule has 1 aromatic heterocycles. The Morgan fingerprint density at radius 1 is 1.40 bits per heavy atom. The molecule has 0 spiro atoms. The first-order chi connectivity index (χ1) is 9.61. The third-order valence-corrected chi connectivity index (χ3v) is 3.35. The summed E-state index contributed by atoms with van der Waals surface area (Å²) < 4.78 is 19.7. The lowest BCUT2D eigenvalue weighted by Crippen LogP contribution is -2.20. The van der Waals surface area contributed by atoms with Crippen molar-refractivity contribution in [2.75, 3.05) is 13.7 Å². The summed E-state index contributed by atoms with van der Waals surface area (Å²) >= 11 is 6.15. The molecule has 0 saturated heterocycles. The van der Waals surface area contributed by atoms with E-state index < -0.39 is 0 Å². The third kappa shape index (κ3) is 3.56. The Morgan fingerprint density at radius 3 is 2.75 bits per heavy atom. The summed E-state index contributed by atoms with van der Waals surface area (Å²) in [4.78, 5) is 0. The maximum Gasteiger partial charge on any atom is 0.123 e. The fourth-order valence-electron chi connectivity index (χ4n) is 2.07. The first-order valence-corrected chi connectivity index (χ1v) is 6.69. The Bertz CT molecular complexity index is 556. The average Bonchev–Trinajstić information content (AvgIpc) is 2.80. The molecule has 1 heterocycles. The van der Waals surface area contributed by atoms with E-state index in [1.165, 1.54) is 12.1 Å². The summed E-state index contributed by atoms with van der Waals surface area (Å²) in [5, 5.41) is 4.73. The van der Waals surface area contributed by atoms with Gasteiger partial charge in [-0.3, -0.25) is 4.68 Å². The molecule has 0 aliphatic carbocycles. The number of nitrogens with two attached hydrogens (primary N) is 1. The molecule has 1 atom stereocenters. The smallest absolute Gasteiger partial charge is 0.123 e. The molecular formula is C14H17ClFN3O. The first-order valence-electron chi connectivity index (χ1n) is 6.32. The second-order valence-electron chi connectivity index (χ2n) is 4.53. The van der Waals surface area contributed by atoms with Crippen molar-refractivity contribution in [3.63, 3.8) is 0 Å². The topological polar surface area (TPSA) is 53.1 Å². The van der Waals surface area contributed by atoms with E-state index in [1.54, 1.807) is 30.1 Å². The summed E-state index contributed by atoms with van der Waals surface area (Å²) in [6.45, 7) is 1.13. The van der Waals surface area contributed by atoms with Crippen LogP contribution in [-0.4, -0.2) is 23.5 Å². The second kappa shape index (κ2) is 6.83. The lowest BCUT2D eigenvalue weighted by molar-refractivity contribution is 0.182. The molecular weight excluding hydrogens is 281 g/mol. The van der Waals surface area contributed by atoms with Crippen LogP contribution in [-0.2, 0) is 17.7 Å². The van der Waals surface area contributed by atoms with E-state index in [1.807, 2.05) is 0 Å². The molecule has 1 aromatic carbocycles. The van der Waals surface area contributed by atoms with Gasteiger partial charge in [0.15, 0.2) is 0 Å². The molecule has 2 aromatic rings. The highest BCUT2D eigenvalue weighted by Crippen LogP contribution is 2.24. The molecule has 0 radical (unpaired) electrons. The van der Waals surface area contributed by atoms with Crippen LogP contribution in [0.2, 0.25) is 5.02 Å². The molecule has 108 valence electrons. The van der Waals surface area contributed by atoms with Crippen molar-refractivity contribution in [1.29, 1.82) is 0 Å². The van der Waals surface area contributed by atoms with E-state index in [0.717, 1.165) is 11.3 Å². The zero-order valence-electron chi connectivity index (χ0n) is 11.2. The number of rotatable bonds is 6. The van der Waals surface area contributed by atoms with Gasteiger partial charge >= 0.3 is 0 Å². The van der Waals surface area contributed by atoms with Gasteiger partial charge in [-0.05, 0) is 24.1 Å². The van der Waals surface area contributed by atoms with Crippen molar-refractivity contribution in [3.8, 4) is 0 Å². The molecule has 0 fully saturated rings. The molecule has 0 aliphatic rings. The molecule has 1 unspecified atom stereocenters. The fraction of sp³-hybridized carbons (Fsp3) is 0.357. The number of aromatic nitrogens is 2. The van der Waals surface area contributed by atoms with Crippen molar-refractivity contribution in [2.24, 2.45) is 5.73 Å². The number of nitrogens with zero attached hydrogens (tertiary/aromatic N) is 2. The second-order valence-corrected chi connectivity index (χ2v) is 4.94. The highest BCUT2D eigenvalue weighted by atomic mass is 35.5. The third-order valence-electron chi connectivity index (χ3n) is 3.06. The number of halogens is 2. The van der Waals surface area contributed by atoms with Gasteiger partial charge in [-0.2, -0.15) is 5.10 Å². The lowest BCUT2D eigenvalue weighted by Gasteiger charge is -2.15. The predicted molar refractivity (Wildman–Crippen MR) is 76.1 cm³/mol. The quantitative estimate of drug-likeness (QED) is 0.891. The number of methoxy groups -OCH3 is 1. The largest absolute Gasteiger partial charge is 0.383 e. The zero-order chi connectivity index (χ0) is 14.5. The molecule has 0 aliphatic heterocycles. The molecule has 4 nitrogen and oxygen atoms in total. The van der Waals surface area contributed by atoms with Crippen LogP contribution in [0.15, 0.2) is 30.5 Å². The van der Waals surface area contributed by atoms with E-state index in [4.69, 9.17) is 22.1 Å². The Labute approximate surface area is 122 Å². The normalized spacial score (nSPS) is 12.6. The van der Waals surface area contributed by atoms with E-state index in [-0.39, 0.29) is 11.9 Å². The number of ether oxygens (including phenoxy) is 1. The van der Waals surface area contributed by atoms with Crippen LogP contribution in [0.25, 0.3) is 0 Å². The molecule has 6 heteroatoms. The lowest BCUT2D eigenvalue weighted by atomic mass is 10.0. The van der Waals surface area contributed by atoms with Crippen LogP contribution in [0.5, 0.6) is 0 Å². The first kappa shape index (κ1) is 15.0. The van der Waals surface area contributed by atoms with Crippen LogP contribution in [0.3, 0.4) is 0 Å². The van der Waals surface area contributed by atoms with Crippen LogP contribution in [0.4, 0.5) is 4.39 Å². The summed E-state index contributed by atoms with van der Waals surface area (Å²) in [5.74, 6) is -0.259. The van der Waals surface area contributed by atoms with Crippen molar-refractivity contribution in [3.05, 3.63) is 52.6 Å². The maximum absolute atomic E-state index is 12.9. The van der Waals surface area contributed by atoms with Crippen molar-refractivity contribution in [1.82, 2.24) is 9.78 Å². The van der Waals surface area contributed by atoms with E-state index in [9.17, 15) is 4.39 Å². The molecule has 0 amide bonds. The predicted octanol–water partition coefficient (Wildman–Crippen LogP) is 2.56. The summed E-state index contributed by atoms with van der Waals surface area (Å²) in [5.41, 5.74) is 7.93. The standard InChI is InChI=1S/C14H17ClFN3O/c1-20-7-6-19-14(12(15)9-18-19)13(17)8-10-2-4-11(16)5-3-10/h2-5,9,13H,6-8,17H2,1H3. The Hall–Kier alpha value is -1.43. The van der Waals surface area contributed by atoms with Crippen molar-refractivity contribution < 1.29 is 9.13 Å². The highest BCUT2D eigenvalue weighted by Gasteiger charge is 2.17. The molecule has 2 rings (SSSR count). The molecule has 2 N–H and O–H groups in total. The van der Waals surface area contributed by atoms with E-state index >= 15 is 0 Å². The van der Waals surface area contributed by atoms with Gasteiger partial charge in [0.05, 0.1) is 36.1 Å². The number of hydrogen-bond donors (Lipinski definition) is 1. The minimum atomic E-state index is -0.299. The van der Waals surface area contributed by atoms with E-state index in [2.05, 4.69) is 5.10 Å². The Morgan fingerprint density at radius 2 is 2.10 bits per heavy atom. The van der Waals surface area contributed by atoms with Crippen molar-refractivity contribution >= 4 is 11.6 Å². The van der Waals surface area contributed by atoms with Crippen LogP contribution >= 0.6 is 11.6 Å². The molecule has 0 bridgehead atoms. The Balaban J connectivity index is 2.13. The van der Waals surface area contributed by atoms with Gasteiger partial charge in [0.2, 0.25) is 0 Å². The summed E-state index contributed by atoms with van der Waals surface area (Å²) in [6, 6.07) is 5.99. The Kier molecular flexibility index (Phi) is 5.11. The van der Waals surface area contributed by atoms with Gasteiger partial charge in [0, 0.05) is 7.11 Å². The van der Waals surface area contributed by atoms with Gasteiger partial charge in [-0.25, -0.2) is 4.39 Å². The van der Waals surface area contributed by atoms with Crippen LogP contribution < -0.4 is 5.73 Å². The fourth-order valence-corrected chi connectivity index (χ4v) is 2.35. The number of benzene rings is 1. The van der Waals surface area contributed by atoms with Gasteiger partial charge in [0.1, 0.15) is 5.82 Å². The number of hydrogen-bond acceptors (Lipinski definition) is 3. The van der Waals surface area contributed by atoms with Gasteiger partial charge in [-0.15, -0.1) is 0 Å². The van der Waals surface area contributed by atoms with Crippen LogP contribution in [0, 0.1) is 5.82 Å². The summed E-state index contributed by atoms with van der Waals surface area (Å²) in [7, 11) is 1.63. The highest BCUT2D eigenvalue weighted by molar-refractivity contribution is 6.31. The molecule has 0 saturated carbocycles. The monoisotopic (exact) mass is 297 g/mol. The molecule has 20 heavy (non-hydrogen) atoms. The maximum atomic E-state index is 12.9. The van der Waals surface area contributed by atoms with E-state index in [0.29, 0.717) is 24.6 Å². The van der Waals surface area contributed by atoms with Crippen LogP contribution in [0.1, 0.15) is 17.3 Å². The SMILES string of the molecule is COCCn1ncc(Cl)c1C(N)Cc1ccc(F)cc1.